The fourth-order valence-electron chi connectivity index (χ4n) is 21.9. The van der Waals surface area contributed by atoms with Crippen molar-refractivity contribution < 1.29 is 43.7 Å². The van der Waals surface area contributed by atoms with E-state index in [-0.39, 0.29) is 61.6 Å². The highest BCUT2D eigenvalue weighted by molar-refractivity contribution is 5.93. The summed E-state index contributed by atoms with van der Waals surface area (Å²) in [6, 6.07) is 9.39. The molecule has 0 heterocycles. The van der Waals surface area contributed by atoms with E-state index in [9.17, 15) is 19.8 Å². The molecule has 14 aliphatic rings. The molecule has 452 valence electrons. The lowest BCUT2D eigenvalue weighted by atomic mass is 9.47. The van der Waals surface area contributed by atoms with Crippen LogP contribution in [-0.2, 0) is 57.1 Å². The normalized spacial score (nSPS) is 39.0. The number of nitrogens with two attached hydrogens (primary N) is 1. The Labute approximate surface area is 490 Å². The van der Waals surface area contributed by atoms with Gasteiger partial charge in [-0.3, -0.25) is 4.79 Å². The highest BCUT2D eigenvalue weighted by atomic mass is 16.7. The smallest absolute Gasteiger partial charge is 0.346 e. The topological polar surface area (TPSA) is 184 Å². The summed E-state index contributed by atoms with van der Waals surface area (Å²) in [5.74, 6) is 9.55. The highest BCUT2D eigenvalue weighted by Gasteiger charge is 2.58. The van der Waals surface area contributed by atoms with Crippen molar-refractivity contribution in [2.75, 3.05) is 59.8 Å². The van der Waals surface area contributed by atoms with E-state index in [1.807, 2.05) is 0 Å². The quantitative estimate of drug-likeness (QED) is 0.0717. The van der Waals surface area contributed by atoms with Crippen LogP contribution in [0.1, 0.15) is 215 Å². The minimum absolute atomic E-state index is 0. The van der Waals surface area contributed by atoms with E-state index in [1.54, 1.807) is 11.1 Å². The van der Waals surface area contributed by atoms with Crippen LogP contribution in [0.4, 0.5) is 0 Å². The van der Waals surface area contributed by atoms with E-state index in [0.717, 1.165) is 105 Å². The van der Waals surface area contributed by atoms with E-state index in [0.29, 0.717) is 86.5 Å². The third-order valence-electron chi connectivity index (χ3n) is 24.5. The Hall–Kier alpha value is -4.20. The van der Waals surface area contributed by atoms with Crippen LogP contribution < -0.4 is 11.1 Å². The average molecular weight is 1130 g/mol. The zero-order valence-electron chi connectivity index (χ0n) is 48.6. The van der Waals surface area contributed by atoms with Gasteiger partial charge in [0.25, 0.3) is 5.91 Å². The lowest BCUT2D eigenvalue weighted by Crippen LogP contribution is -2.48. The Morgan fingerprint density at radius 1 is 0.585 bits per heavy atom. The molecule has 14 aliphatic carbocycles. The Balaban J connectivity index is 0.000000171. The van der Waals surface area contributed by atoms with Gasteiger partial charge in [0, 0.05) is 35.0 Å². The Bertz CT molecular complexity index is 2650. The van der Waals surface area contributed by atoms with Crippen molar-refractivity contribution in [1.82, 2.24) is 5.32 Å². The van der Waals surface area contributed by atoms with Crippen molar-refractivity contribution in [3.05, 3.63) is 57.6 Å². The molecule has 0 radical (unpaired) electrons. The summed E-state index contributed by atoms with van der Waals surface area (Å²) < 4.78 is 15.4. The van der Waals surface area contributed by atoms with E-state index in [4.69, 9.17) is 29.6 Å². The van der Waals surface area contributed by atoms with Crippen molar-refractivity contribution in [2.24, 2.45) is 86.1 Å². The Morgan fingerprint density at radius 3 is 1.44 bits per heavy atom. The van der Waals surface area contributed by atoms with Gasteiger partial charge in [-0.05, 0) is 270 Å². The van der Waals surface area contributed by atoms with Gasteiger partial charge < -0.3 is 45.1 Å². The first kappa shape index (κ1) is 59.5. The van der Waals surface area contributed by atoms with Crippen LogP contribution in [0.25, 0.3) is 0 Å². The molecule has 0 aliphatic heterocycles. The standard InChI is InChI=1S/C36H53N3O5.C31H41NO4.2CH4/c1-35-7-6-27-28(30(35)4-5-33(35)39-44-22-34(41)38-9-11-43-13-12-42-10-8-37)3-2-26-17-32(40)31(18-29(26)27)36-19-23-14-24(20-36)16-25(15-23)21-36;1-30-8-7-22-23(25(30)5-6-28(30)32-36-17-29(34)35-2)4-3-21-12-27(33)26(13-24(21)22)31-14-18-9-19(15-31)11-20(10-18)16-31;;/h17-18,23-25,27-28,30,40H,2-16,19-22,37H2,1H3,(H,38,41);12-13,18-20,22-23,25,33H,3-11,14-17H2,1-2H3;2*1H4/b39-33+;32-28+;;/t23?,24?,25?,27?,28?,30?,35-,36?;18?,19?,20?,22?,23?,25?,30-,31?;;/m00../s1. The van der Waals surface area contributed by atoms with Gasteiger partial charge in [-0.15, -0.1) is 0 Å². The van der Waals surface area contributed by atoms with Gasteiger partial charge in [0.15, 0.2) is 6.61 Å². The molecule has 8 bridgehead atoms. The zero-order chi connectivity index (χ0) is 55.0. The number of nitrogens with one attached hydrogen (secondary N) is 1. The number of fused-ring (bicyclic) bond motifs is 10. The van der Waals surface area contributed by atoms with Crippen LogP contribution in [0, 0.1) is 70.0 Å². The third-order valence-corrected chi connectivity index (χ3v) is 24.5. The van der Waals surface area contributed by atoms with E-state index < -0.39 is 0 Å². The number of nitrogens with zero attached hydrogens (tertiary/aromatic N) is 2. The van der Waals surface area contributed by atoms with Crippen molar-refractivity contribution in [3.63, 3.8) is 0 Å². The molecular weight excluding hydrogens is 1030 g/mol. The van der Waals surface area contributed by atoms with Crippen LogP contribution in [-0.4, -0.2) is 93.4 Å². The van der Waals surface area contributed by atoms with Gasteiger partial charge in [0.2, 0.25) is 6.61 Å². The summed E-state index contributed by atoms with van der Waals surface area (Å²) in [6.07, 6.45) is 29.6. The van der Waals surface area contributed by atoms with Crippen LogP contribution in [0.5, 0.6) is 11.5 Å². The molecule has 12 fully saturated rings. The van der Waals surface area contributed by atoms with Crippen molar-refractivity contribution in [1.29, 1.82) is 0 Å². The fraction of sp³-hybridized carbons (Fsp3) is 0.768. The molecule has 6 unspecified atom stereocenters. The number of carbonyl (C=O) groups is 2. The number of esters is 1. The number of aromatic hydroxyl groups is 2. The monoisotopic (exact) mass is 1130 g/mol. The van der Waals surface area contributed by atoms with Gasteiger partial charge in [0.1, 0.15) is 11.5 Å². The summed E-state index contributed by atoms with van der Waals surface area (Å²) in [5.41, 5.74) is 16.7. The minimum Gasteiger partial charge on any atom is -0.508 e. The Morgan fingerprint density at radius 2 is 1.01 bits per heavy atom. The number of phenolic OH excluding ortho intramolecular Hbond substituents is 2. The molecule has 13 nitrogen and oxygen atoms in total. The molecule has 2 aromatic rings. The van der Waals surface area contributed by atoms with Gasteiger partial charge in [-0.25, -0.2) is 4.79 Å². The number of aryl methyl sites for hydroxylation is 2. The van der Waals surface area contributed by atoms with E-state index in [1.165, 1.54) is 126 Å². The maximum atomic E-state index is 12.3. The first-order chi connectivity index (χ1) is 38.8. The fourth-order valence-corrected chi connectivity index (χ4v) is 21.9. The molecule has 13 heteroatoms. The van der Waals surface area contributed by atoms with Crippen LogP contribution in [0.2, 0.25) is 0 Å². The molecule has 16 rings (SSSR count). The Kier molecular flexibility index (Phi) is 17.4. The maximum Gasteiger partial charge on any atom is 0.346 e. The number of oxime groups is 2. The molecule has 5 N–H and O–H groups in total. The second-order valence-corrected chi connectivity index (χ2v) is 28.9. The molecular formula is C69H102N4O9. The molecule has 12 saturated carbocycles. The van der Waals surface area contributed by atoms with Crippen molar-refractivity contribution in [3.8, 4) is 11.5 Å². The van der Waals surface area contributed by atoms with E-state index in [2.05, 4.69) is 53.7 Å². The summed E-state index contributed by atoms with van der Waals surface area (Å²) in [5, 5.41) is 34.6. The molecule has 0 aromatic heterocycles. The molecule has 2 aromatic carbocycles. The molecule has 0 spiro atoms. The summed E-state index contributed by atoms with van der Waals surface area (Å²) in [6.45, 7) is 7.48. The number of hydrogen-bond acceptors (Lipinski definition) is 12. The van der Waals surface area contributed by atoms with E-state index >= 15 is 0 Å². The summed E-state index contributed by atoms with van der Waals surface area (Å²) in [7, 11) is 1.38. The largest absolute Gasteiger partial charge is 0.508 e. The number of phenols is 2. The van der Waals surface area contributed by atoms with Gasteiger partial charge in [0.05, 0.1) is 45.0 Å². The highest BCUT2D eigenvalue weighted by Crippen LogP contribution is 2.67. The van der Waals surface area contributed by atoms with Crippen LogP contribution >= 0.6 is 0 Å². The van der Waals surface area contributed by atoms with Crippen molar-refractivity contribution in [2.45, 2.75) is 205 Å². The van der Waals surface area contributed by atoms with Gasteiger partial charge in [-0.2, -0.15) is 0 Å². The number of ether oxygens (including phenoxy) is 3. The minimum atomic E-state index is -0.385. The predicted molar refractivity (Wildman–Crippen MR) is 321 cm³/mol. The summed E-state index contributed by atoms with van der Waals surface area (Å²) >= 11 is 0. The van der Waals surface area contributed by atoms with Crippen LogP contribution in [0.3, 0.4) is 0 Å². The zero-order valence-corrected chi connectivity index (χ0v) is 48.6. The second-order valence-electron chi connectivity index (χ2n) is 28.9. The maximum absolute atomic E-state index is 12.3. The van der Waals surface area contributed by atoms with Crippen LogP contribution in [0.15, 0.2) is 34.6 Å². The molecule has 1 amide bonds. The predicted octanol–water partition coefficient (Wildman–Crippen LogP) is 12.7. The third kappa shape index (κ3) is 10.8. The van der Waals surface area contributed by atoms with Crippen molar-refractivity contribution >= 4 is 23.3 Å². The molecule has 8 atom stereocenters. The SMILES string of the molecule is C.C.COC(=O)CO/N=C1\CCC2C3CCc4cc(O)c(C56CC7CC(CC(C7)C5)C6)cc4C3CC[C@]12C.C[C@]12CCC3c4cc(C56CC7CC(CC(C7)C5)C6)c(O)cc4CCC3C1CC/C2=N\OCC(=O)NCCOCCOCCN. The number of rotatable bonds is 16. The number of carbonyl (C=O) groups excluding carboxylic acids is 2. The number of benzene rings is 2. The summed E-state index contributed by atoms with van der Waals surface area (Å²) in [4.78, 5) is 34.8. The molecule has 0 saturated heterocycles. The number of hydrogen-bond donors (Lipinski definition) is 4. The average Bonchev–Trinajstić information content (AvgIpc) is 3.24. The lowest BCUT2D eigenvalue weighted by Gasteiger charge is -2.57. The van der Waals surface area contributed by atoms with Gasteiger partial charge >= 0.3 is 5.97 Å². The van der Waals surface area contributed by atoms with Gasteiger partial charge in [-0.1, -0.05) is 51.1 Å². The first-order valence-corrected chi connectivity index (χ1v) is 32.1. The molecule has 82 heavy (non-hydrogen) atoms. The number of methoxy groups -OCH3 is 1. The lowest BCUT2D eigenvalue weighted by molar-refractivity contribution is -0.145. The first-order valence-electron chi connectivity index (χ1n) is 32.1. The number of amides is 1. The second kappa shape index (κ2) is 23.9.